The molecule has 4 bridgehead atoms. The molecule has 4 aliphatic rings. The van der Waals surface area contributed by atoms with Crippen LogP contribution >= 0.6 is 0 Å². The molecule has 1 N–H and O–H groups in total. The molecule has 154 valence electrons. The molecule has 4 saturated carbocycles. The molecule has 4 aliphatic carbocycles. The maximum Gasteiger partial charge on any atom is 0.280 e. The number of benzene rings is 1. The Kier molecular flexibility index (Phi) is 3.88. The third-order valence-corrected chi connectivity index (χ3v) is 7.62. The highest BCUT2D eigenvalue weighted by Crippen LogP contribution is 2.60. The van der Waals surface area contributed by atoms with E-state index in [2.05, 4.69) is 44.7 Å². The molecule has 0 radical (unpaired) electrons. The van der Waals surface area contributed by atoms with Crippen molar-refractivity contribution in [2.75, 3.05) is 0 Å². The van der Waals surface area contributed by atoms with Crippen molar-refractivity contribution in [2.45, 2.75) is 50.9 Å². The van der Waals surface area contributed by atoms with E-state index in [4.69, 9.17) is 0 Å². The zero-order valence-corrected chi connectivity index (χ0v) is 17.2. The molecule has 0 aliphatic heterocycles. The molecule has 4 fully saturated rings. The number of H-pyrrole nitrogens is 1. The molecule has 7 heteroatoms. The summed E-state index contributed by atoms with van der Waals surface area (Å²) in [6.07, 6.45) is 12.9. The summed E-state index contributed by atoms with van der Waals surface area (Å²) in [4.78, 5) is 13.0. The summed E-state index contributed by atoms with van der Waals surface area (Å²) in [6, 6.07) is 8.70. The Labute approximate surface area is 174 Å². The summed E-state index contributed by atoms with van der Waals surface area (Å²) in [5.41, 5.74) is 3.92. The van der Waals surface area contributed by atoms with Crippen LogP contribution in [0, 0.1) is 24.7 Å². The number of aromatic amines is 1. The van der Waals surface area contributed by atoms with Crippen LogP contribution in [0.15, 0.2) is 46.8 Å². The average molecular weight is 403 g/mol. The van der Waals surface area contributed by atoms with E-state index in [1.165, 1.54) is 61.4 Å². The molecule has 30 heavy (non-hydrogen) atoms. The van der Waals surface area contributed by atoms with Gasteiger partial charge in [0.1, 0.15) is 12.7 Å². The summed E-state index contributed by atoms with van der Waals surface area (Å²) >= 11 is 0. The first-order valence-corrected chi connectivity index (χ1v) is 10.9. The molecule has 7 rings (SSSR count). The van der Waals surface area contributed by atoms with Crippen molar-refractivity contribution < 1.29 is 0 Å². The minimum atomic E-state index is -0.105. The van der Waals surface area contributed by atoms with E-state index in [9.17, 15) is 4.79 Å². The van der Waals surface area contributed by atoms with Gasteiger partial charge in [-0.05, 0) is 86.3 Å². The lowest BCUT2D eigenvalue weighted by atomic mass is 9.48. The first-order valence-electron chi connectivity index (χ1n) is 10.9. The Morgan fingerprint density at radius 2 is 1.63 bits per heavy atom. The Morgan fingerprint density at radius 3 is 2.23 bits per heavy atom. The average Bonchev–Trinajstić information content (AvgIpc) is 3.34. The highest BCUT2D eigenvalue weighted by Gasteiger charge is 2.51. The van der Waals surface area contributed by atoms with Gasteiger partial charge in [0.2, 0.25) is 0 Å². The van der Waals surface area contributed by atoms with Crippen LogP contribution in [0.2, 0.25) is 0 Å². The number of nitrogens with zero attached hydrogens (tertiary/aromatic N) is 5. The van der Waals surface area contributed by atoms with Crippen LogP contribution in [0.1, 0.15) is 55.3 Å². The lowest BCUT2D eigenvalue weighted by Crippen LogP contribution is -2.48. The first kappa shape index (κ1) is 17.9. The van der Waals surface area contributed by atoms with Crippen molar-refractivity contribution in [3.8, 4) is 5.69 Å². The molecule has 0 saturated heterocycles. The van der Waals surface area contributed by atoms with E-state index in [0.29, 0.717) is 11.0 Å². The Balaban J connectivity index is 1.30. The predicted molar refractivity (Wildman–Crippen MR) is 114 cm³/mol. The van der Waals surface area contributed by atoms with Gasteiger partial charge in [0.05, 0.1) is 17.5 Å². The molecule has 2 heterocycles. The zero-order chi connectivity index (χ0) is 20.3. The number of hydrogen-bond acceptors (Lipinski definition) is 4. The van der Waals surface area contributed by atoms with Crippen LogP contribution in [0.25, 0.3) is 5.69 Å². The largest absolute Gasteiger partial charge is 0.295 e. The smallest absolute Gasteiger partial charge is 0.280 e. The maximum atomic E-state index is 13.0. The molecule has 1 aromatic carbocycles. The zero-order valence-electron chi connectivity index (χ0n) is 17.2. The molecule has 0 spiro atoms. The van der Waals surface area contributed by atoms with Crippen molar-refractivity contribution in [1.29, 1.82) is 0 Å². The summed E-state index contributed by atoms with van der Waals surface area (Å²) < 4.78 is 3.07. The fourth-order valence-electron chi connectivity index (χ4n) is 6.70. The minimum absolute atomic E-state index is 0.105. The molecule has 0 unspecified atom stereocenters. The quantitative estimate of drug-likeness (QED) is 0.679. The van der Waals surface area contributed by atoms with Crippen molar-refractivity contribution in [1.82, 2.24) is 24.7 Å². The van der Waals surface area contributed by atoms with Gasteiger partial charge in [-0.25, -0.2) is 9.36 Å². The van der Waals surface area contributed by atoms with Gasteiger partial charge in [0.25, 0.3) is 5.56 Å². The van der Waals surface area contributed by atoms with E-state index >= 15 is 0 Å². The Morgan fingerprint density at radius 1 is 1.03 bits per heavy atom. The van der Waals surface area contributed by atoms with Gasteiger partial charge in [-0.3, -0.25) is 9.89 Å². The van der Waals surface area contributed by atoms with Crippen molar-refractivity contribution in [3.05, 3.63) is 64.1 Å². The van der Waals surface area contributed by atoms with Crippen LogP contribution in [0.4, 0.5) is 0 Å². The van der Waals surface area contributed by atoms with Gasteiger partial charge in [0.15, 0.2) is 0 Å². The summed E-state index contributed by atoms with van der Waals surface area (Å²) in [5.74, 6) is 2.78. The van der Waals surface area contributed by atoms with Crippen LogP contribution in [0.5, 0.6) is 0 Å². The highest BCUT2D eigenvalue weighted by molar-refractivity contribution is 5.80. The molecule has 2 aromatic heterocycles. The van der Waals surface area contributed by atoms with Crippen molar-refractivity contribution >= 4 is 6.21 Å². The summed E-state index contributed by atoms with van der Waals surface area (Å²) in [7, 11) is 0. The number of nitrogens with one attached hydrogen (secondary N) is 1. The number of aromatic nitrogens is 5. The monoisotopic (exact) mass is 402 g/mol. The third kappa shape index (κ3) is 2.79. The molecule has 0 atom stereocenters. The number of aryl methyl sites for hydroxylation is 1. The third-order valence-electron chi connectivity index (χ3n) is 7.62. The SMILES string of the molecule is Cc1[nH]n(-c2ccc(C34CC5CC(CC(C5)C3)C4)cc2)c(=O)c1/C=N/n1cnnc1. The second-order valence-corrected chi connectivity index (χ2v) is 9.62. The predicted octanol–water partition coefficient (Wildman–Crippen LogP) is 3.42. The molecule has 3 aromatic rings. The van der Waals surface area contributed by atoms with Crippen LogP contribution in [-0.4, -0.2) is 30.9 Å². The van der Waals surface area contributed by atoms with Crippen molar-refractivity contribution in [3.63, 3.8) is 0 Å². The Hall–Kier alpha value is -2.96. The standard InChI is InChI=1S/C23H26N6O/c1-15-21(12-26-28-13-24-25-14-28)22(30)29(27-15)20-4-2-19(3-5-20)23-9-16-6-17(10-23)8-18(7-16)11-23/h2-5,12-14,16-18,27H,6-11H2,1H3/b26-12+. The van der Waals surface area contributed by atoms with Crippen LogP contribution < -0.4 is 5.56 Å². The first-order chi connectivity index (χ1) is 14.6. The van der Waals surface area contributed by atoms with Crippen molar-refractivity contribution in [2.24, 2.45) is 22.9 Å². The van der Waals surface area contributed by atoms with Gasteiger partial charge in [-0.2, -0.15) is 5.10 Å². The second-order valence-electron chi connectivity index (χ2n) is 9.62. The van der Waals surface area contributed by atoms with E-state index in [1.807, 2.05) is 6.92 Å². The second kappa shape index (κ2) is 6.52. The lowest BCUT2D eigenvalue weighted by Gasteiger charge is -2.57. The topological polar surface area (TPSA) is 80.9 Å². The number of hydrogen-bond donors (Lipinski definition) is 1. The summed E-state index contributed by atoms with van der Waals surface area (Å²) in [5, 5.41) is 14.8. The van der Waals surface area contributed by atoms with Gasteiger partial charge < -0.3 is 0 Å². The summed E-state index contributed by atoms with van der Waals surface area (Å²) in [6.45, 7) is 1.88. The van der Waals surface area contributed by atoms with E-state index in [-0.39, 0.29) is 5.56 Å². The minimum Gasteiger partial charge on any atom is -0.295 e. The normalized spacial score (nSPS) is 29.8. The fraction of sp³-hybridized carbons (Fsp3) is 0.478. The van der Waals surface area contributed by atoms with Gasteiger partial charge in [-0.1, -0.05) is 12.1 Å². The Bertz CT molecular complexity index is 1120. The van der Waals surface area contributed by atoms with Gasteiger partial charge in [0, 0.05) is 5.69 Å². The van der Waals surface area contributed by atoms with Crippen LogP contribution in [-0.2, 0) is 5.41 Å². The molecule has 0 amide bonds. The van der Waals surface area contributed by atoms with E-state index in [1.54, 1.807) is 10.9 Å². The highest BCUT2D eigenvalue weighted by atomic mass is 16.1. The van der Waals surface area contributed by atoms with Gasteiger partial charge in [-0.15, -0.1) is 10.2 Å². The number of rotatable bonds is 4. The lowest BCUT2D eigenvalue weighted by molar-refractivity contribution is -0.00518. The molecular formula is C23H26N6O. The maximum absolute atomic E-state index is 13.0. The van der Waals surface area contributed by atoms with E-state index in [0.717, 1.165) is 29.1 Å². The molecule has 7 nitrogen and oxygen atoms in total. The van der Waals surface area contributed by atoms with Gasteiger partial charge >= 0.3 is 0 Å². The molecular weight excluding hydrogens is 376 g/mol. The van der Waals surface area contributed by atoms with Crippen LogP contribution in [0.3, 0.4) is 0 Å². The van der Waals surface area contributed by atoms with E-state index < -0.39 is 0 Å². The fourth-order valence-corrected chi connectivity index (χ4v) is 6.70.